The molecule has 1 aliphatic rings. The van der Waals surface area contributed by atoms with Crippen LogP contribution in [0, 0.1) is 11.3 Å². The molecule has 0 aromatic heterocycles. The molecule has 0 bridgehead atoms. The molecule has 0 aromatic rings. The molecule has 1 fully saturated rings. The summed E-state index contributed by atoms with van der Waals surface area (Å²) in [6, 6.07) is 1.92. The minimum absolute atomic E-state index is 0.0665. The minimum Gasteiger partial charge on any atom is -0.444 e. The maximum atomic E-state index is 12.3. The Bertz CT molecular complexity index is 511. The molecule has 1 aliphatic heterocycles. The molecule has 0 atom stereocenters. The number of carbonyl (C=O) groups is 2. The Morgan fingerprint density at radius 1 is 1.21 bits per heavy atom. The van der Waals surface area contributed by atoms with Crippen LogP contribution in [0.4, 0.5) is 4.79 Å². The molecule has 0 radical (unpaired) electrons. The Morgan fingerprint density at radius 3 is 2.38 bits per heavy atom. The van der Waals surface area contributed by atoms with E-state index < -0.39 is 11.7 Å². The van der Waals surface area contributed by atoms with Gasteiger partial charge in [0.2, 0.25) is 0 Å². The lowest BCUT2D eigenvalue weighted by atomic mass is 10.2. The van der Waals surface area contributed by atoms with Crippen molar-refractivity contribution in [1.29, 1.82) is 5.26 Å². The van der Waals surface area contributed by atoms with Crippen LogP contribution >= 0.6 is 0 Å². The van der Waals surface area contributed by atoms with Crippen LogP contribution in [0.5, 0.6) is 0 Å². The van der Waals surface area contributed by atoms with E-state index in [1.165, 1.54) is 6.20 Å². The van der Waals surface area contributed by atoms with Crippen molar-refractivity contribution in [1.82, 2.24) is 20.4 Å². The van der Waals surface area contributed by atoms with Crippen molar-refractivity contribution in [3.05, 3.63) is 11.8 Å². The quantitative estimate of drug-likeness (QED) is 0.425. The lowest BCUT2D eigenvalue weighted by Gasteiger charge is -2.32. The average molecular weight is 337 g/mol. The van der Waals surface area contributed by atoms with Crippen molar-refractivity contribution in [2.75, 3.05) is 46.3 Å². The molecular weight excluding hydrogens is 310 g/mol. The molecule has 0 aromatic carbocycles. The van der Waals surface area contributed by atoms with Gasteiger partial charge in [-0.15, -0.1) is 0 Å². The number of likely N-dealkylation sites (N-methyl/N-ethyl adjacent to an activating group) is 1. The van der Waals surface area contributed by atoms with Crippen LogP contribution in [-0.4, -0.2) is 73.7 Å². The van der Waals surface area contributed by atoms with Crippen molar-refractivity contribution in [3.63, 3.8) is 0 Å². The second-order valence-corrected chi connectivity index (χ2v) is 6.65. The predicted octanol–water partition coefficient (Wildman–Crippen LogP) is 0.282. The summed E-state index contributed by atoms with van der Waals surface area (Å²) in [5, 5.41) is 14.6. The van der Waals surface area contributed by atoms with Crippen LogP contribution in [0.25, 0.3) is 0 Å². The summed E-state index contributed by atoms with van der Waals surface area (Å²) >= 11 is 0. The number of nitrogens with zero attached hydrogens (tertiary/aromatic N) is 3. The minimum atomic E-state index is -0.541. The summed E-state index contributed by atoms with van der Waals surface area (Å²) in [5.41, 5.74) is -0.475. The number of piperazine rings is 1. The Hall–Kier alpha value is -2.27. The highest BCUT2D eigenvalue weighted by molar-refractivity contribution is 5.97. The number of hydrogen-bond acceptors (Lipinski definition) is 6. The van der Waals surface area contributed by atoms with E-state index in [0.717, 1.165) is 13.1 Å². The number of nitrogens with one attached hydrogen (secondary N) is 2. The molecule has 2 amide bonds. The van der Waals surface area contributed by atoms with E-state index in [9.17, 15) is 9.59 Å². The van der Waals surface area contributed by atoms with Crippen LogP contribution < -0.4 is 10.6 Å². The van der Waals surface area contributed by atoms with Gasteiger partial charge in [0.05, 0.1) is 0 Å². The molecule has 0 saturated carbocycles. The van der Waals surface area contributed by atoms with Crippen LogP contribution in [0.2, 0.25) is 0 Å². The Balaban J connectivity index is 2.35. The van der Waals surface area contributed by atoms with Crippen molar-refractivity contribution in [2.45, 2.75) is 26.4 Å². The summed E-state index contributed by atoms with van der Waals surface area (Å²) < 4.78 is 5.10. The predicted molar refractivity (Wildman–Crippen MR) is 90.0 cm³/mol. The lowest BCUT2D eigenvalue weighted by molar-refractivity contribution is -0.128. The van der Waals surface area contributed by atoms with Gasteiger partial charge in [-0.05, 0) is 27.8 Å². The van der Waals surface area contributed by atoms with Crippen LogP contribution in [0.3, 0.4) is 0 Å². The normalized spacial score (nSPS) is 16.3. The van der Waals surface area contributed by atoms with Gasteiger partial charge in [-0.3, -0.25) is 4.79 Å². The zero-order valence-corrected chi connectivity index (χ0v) is 14.9. The first kappa shape index (κ1) is 19.8. The second kappa shape index (κ2) is 9.13. The highest BCUT2D eigenvalue weighted by atomic mass is 16.6. The van der Waals surface area contributed by atoms with E-state index >= 15 is 0 Å². The van der Waals surface area contributed by atoms with Crippen LogP contribution in [-0.2, 0) is 9.53 Å². The van der Waals surface area contributed by atoms with Crippen molar-refractivity contribution in [2.24, 2.45) is 0 Å². The van der Waals surface area contributed by atoms with Gasteiger partial charge >= 0.3 is 6.09 Å². The van der Waals surface area contributed by atoms with Gasteiger partial charge in [0.15, 0.2) is 0 Å². The average Bonchev–Trinajstić information content (AvgIpc) is 2.49. The third-order valence-electron chi connectivity index (χ3n) is 3.33. The standard InChI is InChI=1S/C16H27N5O3/c1-16(2,3)24-15(23)19-6-5-18-12-13(11-17)14(22)21-9-7-20(4)8-10-21/h12,18H,5-10H2,1-4H3,(H,19,23)/b13-12-. The zero-order chi connectivity index (χ0) is 18.2. The van der Waals surface area contributed by atoms with E-state index in [1.807, 2.05) is 13.1 Å². The van der Waals surface area contributed by atoms with E-state index in [2.05, 4.69) is 15.5 Å². The van der Waals surface area contributed by atoms with E-state index in [1.54, 1.807) is 25.7 Å². The fourth-order valence-corrected chi connectivity index (χ4v) is 2.05. The first-order chi connectivity index (χ1) is 11.2. The number of hydrogen-bond donors (Lipinski definition) is 2. The van der Waals surface area contributed by atoms with Gasteiger partial charge in [-0.2, -0.15) is 5.26 Å². The molecular formula is C16H27N5O3. The van der Waals surface area contributed by atoms with Gasteiger partial charge in [-0.25, -0.2) is 4.79 Å². The highest BCUT2D eigenvalue weighted by Crippen LogP contribution is 2.06. The fraction of sp³-hybridized carbons (Fsp3) is 0.688. The van der Waals surface area contributed by atoms with Crippen molar-refractivity contribution in [3.8, 4) is 6.07 Å². The number of nitriles is 1. The first-order valence-corrected chi connectivity index (χ1v) is 8.01. The molecule has 1 rings (SSSR count). The van der Waals surface area contributed by atoms with E-state index in [-0.39, 0.29) is 11.5 Å². The second-order valence-electron chi connectivity index (χ2n) is 6.65. The summed E-state index contributed by atoms with van der Waals surface area (Å²) in [4.78, 5) is 27.5. The largest absolute Gasteiger partial charge is 0.444 e. The summed E-state index contributed by atoms with van der Waals surface area (Å²) in [7, 11) is 2.00. The van der Waals surface area contributed by atoms with Crippen molar-refractivity contribution < 1.29 is 14.3 Å². The van der Waals surface area contributed by atoms with Crippen LogP contribution in [0.15, 0.2) is 11.8 Å². The van der Waals surface area contributed by atoms with Crippen LogP contribution in [0.1, 0.15) is 20.8 Å². The molecule has 0 aliphatic carbocycles. The van der Waals surface area contributed by atoms with Gasteiger partial charge < -0.3 is 25.2 Å². The Kier molecular flexibility index (Phi) is 7.52. The number of rotatable bonds is 5. The molecule has 2 N–H and O–H groups in total. The lowest BCUT2D eigenvalue weighted by Crippen LogP contribution is -2.47. The third-order valence-corrected chi connectivity index (χ3v) is 3.33. The Labute approximate surface area is 143 Å². The molecule has 8 nitrogen and oxygen atoms in total. The first-order valence-electron chi connectivity index (χ1n) is 8.01. The maximum absolute atomic E-state index is 12.3. The molecule has 0 unspecified atom stereocenters. The third kappa shape index (κ3) is 7.33. The zero-order valence-electron chi connectivity index (χ0n) is 14.9. The highest BCUT2D eigenvalue weighted by Gasteiger charge is 2.22. The topological polar surface area (TPSA) is 97.7 Å². The summed E-state index contributed by atoms with van der Waals surface area (Å²) in [5.74, 6) is -0.266. The van der Waals surface area contributed by atoms with Crippen molar-refractivity contribution >= 4 is 12.0 Å². The van der Waals surface area contributed by atoms with Gasteiger partial charge in [0, 0.05) is 45.5 Å². The fourth-order valence-electron chi connectivity index (χ4n) is 2.05. The number of ether oxygens (including phenoxy) is 1. The molecule has 134 valence electrons. The van der Waals surface area contributed by atoms with E-state index in [0.29, 0.717) is 26.2 Å². The van der Waals surface area contributed by atoms with E-state index in [4.69, 9.17) is 10.00 Å². The van der Waals surface area contributed by atoms with Gasteiger partial charge in [0.25, 0.3) is 5.91 Å². The molecule has 1 heterocycles. The molecule has 24 heavy (non-hydrogen) atoms. The molecule has 1 saturated heterocycles. The SMILES string of the molecule is CN1CCN(C(=O)/C(C#N)=C\NCCNC(=O)OC(C)(C)C)CC1. The smallest absolute Gasteiger partial charge is 0.407 e. The monoisotopic (exact) mass is 337 g/mol. The molecule has 8 heteroatoms. The van der Waals surface area contributed by atoms with Gasteiger partial charge in [0.1, 0.15) is 17.2 Å². The molecule has 0 spiro atoms. The summed E-state index contributed by atoms with van der Waals surface area (Å²) in [6.07, 6.45) is 0.902. The summed E-state index contributed by atoms with van der Waals surface area (Å²) in [6.45, 7) is 8.93. The number of carbonyl (C=O) groups excluding carboxylic acids is 2. The van der Waals surface area contributed by atoms with Gasteiger partial charge in [-0.1, -0.05) is 0 Å². The maximum Gasteiger partial charge on any atom is 0.407 e. The Morgan fingerprint density at radius 2 is 1.83 bits per heavy atom. The number of amides is 2. The number of alkyl carbamates (subject to hydrolysis) is 1.